The third kappa shape index (κ3) is 5.82. The number of hydrogen-bond donors (Lipinski definition) is 2. The Morgan fingerprint density at radius 2 is 2.00 bits per heavy atom. The number of carboxylic acids is 1. The minimum Gasteiger partial charge on any atom is -0.493 e. The monoisotopic (exact) mass is 487 g/mol. The summed E-state index contributed by atoms with van der Waals surface area (Å²) in [5.74, 6) is 0.334. The Hall–Kier alpha value is -3.66. The van der Waals surface area contributed by atoms with E-state index in [9.17, 15) is 19.5 Å². The topological polar surface area (TPSA) is 120 Å². The number of carbonyl (C=O) groups excluding carboxylic acids is 2. The Labute approximate surface area is 201 Å². The predicted octanol–water partition coefficient (Wildman–Crippen LogP) is 3.02. The molecule has 0 saturated carbocycles. The van der Waals surface area contributed by atoms with Gasteiger partial charge in [-0.2, -0.15) is 11.8 Å². The van der Waals surface area contributed by atoms with E-state index in [1.54, 1.807) is 36.4 Å². The first-order valence-corrected chi connectivity index (χ1v) is 11.7. The van der Waals surface area contributed by atoms with Gasteiger partial charge in [0.2, 0.25) is 5.78 Å². The summed E-state index contributed by atoms with van der Waals surface area (Å²) in [5, 5.41) is 11.7. The van der Waals surface area contributed by atoms with Gasteiger partial charge in [-0.05, 0) is 42.7 Å². The summed E-state index contributed by atoms with van der Waals surface area (Å²) in [4.78, 5) is 36.2. The number of rotatable bonds is 11. The Morgan fingerprint density at radius 3 is 2.68 bits per heavy atom. The molecule has 0 spiro atoms. The van der Waals surface area contributed by atoms with Crippen molar-refractivity contribution in [1.82, 2.24) is 5.32 Å². The summed E-state index contributed by atoms with van der Waals surface area (Å²) in [6, 6.07) is 8.90. The van der Waals surface area contributed by atoms with Crippen LogP contribution in [0.15, 0.2) is 42.2 Å². The molecule has 9 nitrogen and oxygen atoms in total. The predicted molar refractivity (Wildman–Crippen MR) is 127 cm³/mol. The lowest BCUT2D eigenvalue weighted by atomic mass is 10.1. The number of carboxylic acid groups (broad SMARTS) is 1. The number of para-hydroxylation sites is 1. The van der Waals surface area contributed by atoms with Crippen LogP contribution in [0.3, 0.4) is 0 Å². The lowest BCUT2D eigenvalue weighted by molar-refractivity contribution is -0.142. The summed E-state index contributed by atoms with van der Waals surface area (Å²) >= 11 is 1.50. The molecule has 1 aliphatic heterocycles. The highest BCUT2D eigenvalue weighted by Crippen LogP contribution is 2.37. The highest BCUT2D eigenvalue weighted by atomic mass is 32.2. The van der Waals surface area contributed by atoms with E-state index in [2.05, 4.69) is 5.32 Å². The average Bonchev–Trinajstić information content (AvgIpc) is 3.14. The number of thioether (sulfide) groups is 1. The minimum atomic E-state index is -1.10. The highest BCUT2D eigenvalue weighted by molar-refractivity contribution is 7.98. The zero-order chi connectivity index (χ0) is 24.7. The number of hydrogen-bond acceptors (Lipinski definition) is 8. The van der Waals surface area contributed by atoms with Crippen molar-refractivity contribution in [3.05, 3.63) is 53.3 Å². The molecule has 3 rings (SSSR count). The van der Waals surface area contributed by atoms with Gasteiger partial charge in [0.05, 0.1) is 19.8 Å². The molecule has 2 N–H and O–H groups in total. The average molecular weight is 488 g/mol. The van der Waals surface area contributed by atoms with Crippen molar-refractivity contribution in [2.24, 2.45) is 0 Å². The second kappa shape index (κ2) is 11.5. The van der Waals surface area contributed by atoms with Gasteiger partial charge in [-0.15, -0.1) is 0 Å². The number of ether oxygens (including phenoxy) is 4. The molecule has 180 valence electrons. The lowest BCUT2D eigenvalue weighted by Crippen LogP contribution is -2.43. The fourth-order valence-electron chi connectivity index (χ4n) is 3.30. The summed E-state index contributed by atoms with van der Waals surface area (Å²) < 4.78 is 21.9. The SMILES string of the molecule is COc1cccc(C=C2Oc3cc(OCC(=O)NC(CCSC)C(=O)O)ccc3C2=O)c1OC. The Balaban J connectivity index is 1.68. The standard InChI is InChI=1S/C24H25NO8S/c1-30-18-6-4-5-14(23(18)31-2)11-20-22(27)16-8-7-15(12-19(16)33-20)32-13-21(26)25-17(24(28)29)9-10-34-3/h4-8,11-12,17H,9-10,13H2,1-3H3,(H,25,26)(H,28,29). The highest BCUT2D eigenvalue weighted by Gasteiger charge is 2.28. The van der Waals surface area contributed by atoms with Crippen molar-refractivity contribution < 1.29 is 38.4 Å². The molecular weight excluding hydrogens is 462 g/mol. The van der Waals surface area contributed by atoms with Crippen LogP contribution in [-0.2, 0) is 9.59 Å². The number of methoxy groups -OCH3 is 2. The maximum Gasteiger partial charge on any atom is 0.326 e. The third-order valence-electron chi connectivity index (χ3n) is 4.98. The molecule has 2 aromatic carbocycles. The first-order chi connectivity index (χ1) is 16.4. The van der Waals surface area contributed by atoms with Gasteiger partial charge >= 0.3 is 5.97 Å². The van der Waals surface area contributed by atoms with Gasteiger partial charge in [-0.1, -0.05) is 12.1 Å². The van der Waals surface area contributed by atoms with Crippen molar-refractivity contribution in [3.63, 3.8) is 0 Å². The minimum absolute atomic E-state index is 0.106. The van der Waals surface area contributed by atoms with Gasteiger partial charge in [0, 0.05) is 11.6 Å². The number of Topliss-reactive ketones (excluding diaryl/α,β-unsaturated/α-hetero) is 1. The van der Waals surface area contributed by atoms with Crippen molar-refractivity contribution in [1.29, 1.82) is 0 Å². The molecule has 1 unspecified atom stereocenters. The second-order valence-electron chi connectivity index (χ2n) is 7.21. The van der Waals surface area contributed by atoms with E-state index >= 15 is 0 Å². The van der Waals surface area contributed by atoms with E-state index in [1.807, 2.05) is 6.26 Å². The molecule has 1 amide bonds. The molecule has 0 saturated heterocycles. The van der Waals surface area contributed by atoms with E-state index in [4.69, 9.17) is 18.9 Å². The Bertz CT molecular complexity index is 1110. The summed E-state index contributed by atoms with van der Waals surface area (Å²) in [5.41, 5.74) is 0.966. The number of aliphatic carboxylic acids is 1. The number of nitrogens with one attached hydrogen (secondary N) is 1. The Morgan fingerprint density at radius 1 is 1.21 bits per heavy atom. The number of fused-ring (bicyclic) bond motifs is 1. The molecule has 2 aromatic rings. The van der Waals surface area contributed by atoms with Crippen molar-refractivity contribution in [3.8, 4) is 23.0 Å². The molecule has 1 heterocycles. The lowest BCUT2D eigenvalue weighted by Gasteiger charge is -2.14. The van der Waals surface area contributed by atoms with Crippen LogP contribution in [0, 0.1) is 0 Å². The van der Waals surface area contributed by atoms with E-state index in [1.165, 1.54) is 32.0 Å². The van der Waals surface area contributed by atoms with E-state index in [0.29, 0.717) is 46.3 Å². The van der Waals surface area contributed by atoms with Gasteiger partial charge in [-0.3, -0.25) is 9.59 Å². The van der Waals surface area contributed by atoms with Crippen LogP contribution in [0.4, 0.5) is 0 Å². The van der Waals surface area contributed by atoms with Gasteiger partial charge in [0.25, 0.3) is 5.91 Å². The van der Waals surface area contributed by atoms with Crippen LogP contribution in [-0.4, -0.2) is 61.6 Å². The Kier molecular flexibility index (Phi) is 8.42. The van der Waals surface area contributed by atoms with Gasteiger partial charge < -0.3 is 29.4 Å². The smallest absolute Gasteiger partial charge is 0.326 e. The van der Waals surface area contributed by atoms with E-state index in [0.717, 1.165) is 0 Å². The van der Waals surface area contributed by atoms with Crippen LogP contribution in [0.25, 0.3) is 6.08 Å². The summed E-state index contributed by atoms with van der Waals surface area (Å²) in [6.45, 7) is -0.376. The summed E-state index contributed by atoms with van der Waals surface area (Å²) in [7, 11) is 3.03. The van der Waals surface area contributed by atoms with Crippen LogP contribution < -0.4 is 24.3 Å². The maximum absolute atomic E-state index is 12.8. The van der Waals surface area contributed by atoms with Gasteiger partial charge in [0.15, 0.2) is 23.9 Å². The molecule has 0 aromatic heterocycles. The summed E-state index contributed by atoms with van der Waals surface area (Å²) in [6.07, 6.45) is 3.74. The molecule has 0 aliphatic carbocycles. The normalized spacial score (nSPS) is 14.2. The number of ketones is 1. The van der Waals surface area contributed by atoms with Gasteiger partial charge in [0.1, 0.15) is 17.5 Å². The fourth-order valence-corrected chi connectivity index (χ4v) is 3.77. The molecule has 34 heavy (non-hydrogen) atoms. The van der Waals surface area contributed by atoms with Crippen LogP contribution >= 0.6 is 11.8 Å². The molecule has 0 fully saturated rings. The number of benzene rings is 2. The molecule has 0 bridgehead atoms. The zero-order valence-electron chi connectivity index (χ0n) is 19.0. The van der Waals surface area contributed by atoms with Crippen LogP contribution in [0.2, 0.25) is 0 Å². The number of amides is 1. The molecule has 10 heteroatoms. The second-order valence-corrected chi connectivity index (χ2v) is 8.19. The first kappa shape index (κ1) is 25.0. The van der Waals surface area contributed by atoms with E-state index in [-0.39, 0.29) is 18.1 Å². The molecule has 1 atom stereocenters. The van der Waals surface area contributed by atoms with Crippen molar-refractivity contribution in [2.75, 3.05) is 32.8 Å². The quantitative estimate of drug-likeness (QED) is 0.461. The molecular formula is C24H25NO8S. The van der Waals surface area contributed by atoms with Gasteiger partial charge in [-0.25, -0.2) is 4.79 Å². The van der Waals surface area contributed by atoms with Crippen LogP contribution in [0.5, 0.6) is 23.0 Å². The zero-order valence-corrected chi connectivity index (χ0v) is 19.8. The third-order valence-corrected chi connectivity index (χ3v) is 5.62. The van der Waals surface area contributed by atoms with Crippen molar-refractivity contribution >= 4 is 35.5 Å². The maximum atomic E-state index is 12.8. The molecule has 0 radical (unpaired) electrons. The van der Waals surface area contributed by atoms with Crippen LogP contribution in [0.1, 0.15) is 22.3 Å². The number of carbonyl (C=O) groups is 3. The van der Waals surface area contributed by atoms with Crippen molar-refractivity contribution in [2.45, 2.75) is 12.5 Å². The largest absolute Gasteiger partial charge is 0.493 e. The number of allylic oxidation sites excluding steroid dienone is 1. The molecule has 1 aliphatic rings. The van der Waals surface area contributed by atoms with E-state index < -0.39 is 17.9 Å². The first-order valence-electron chi connectivity index (χ1n) is 10.3. The fraction of sp³-hybridized carbons (Fsp3) is 0.292.